The molecule has 0 bridgehead atoms. The molecule has 1 aliphatic heterocycles. The average molecular weight is 231 g/mol. The summed E-state index contributed by atoms with van der Waals surface area (Å²) in [6.45, 7) is 1.41. The fourth-order valence-electron chi connectivity index (χ4n) is 1.82. The second-order valence-corrected chi connectivity index (χ2v) is 3.67. The third-order valence-electron chi connectivity index (χ3n) is 2.56. The molecule has 5 heteroatoms. The van der Waals surface area contributed by atoms with Crippen LogP contribution < -0.4 is 5.32 Å². The summed E-state index contributed by atoms with van der Waals surface area (Å²) in [6.07, 6.45) is -4.31. The largest absolute Gasteiger partial charge is 0.416 e. The highest BCUT2D eigenvalue weighted by molar-refractivity contribution is 5.32. The van der Waals surface area contributed by atoms with E-state index in [0.717, 1.165) is 6.07 Å². The number of nitrogens with one attached hydrogen (secondary N) is 1. The Morgan fingerprint density at radius 3 is 2.62 bits per heavy atom. The lowest BCUT2D eigenvalue weighted by Gasteiger charge is -2.26. The van der Waals surface area contributed by atoms with Crippen molar-refractivity contribution in [3.63, 3.8) is 0 Å². The van der Waals surface area contributed by atoms with Gasteiger partial charge in [0.05, 0.1) is 24.8 Å². The molecular weight excluding hydrogens is 219 g/mol. The Morgan fingerprint density at radius 2 is 2.00 bits per heavy atom. The Morgan fingerprint density at radius 1 is 1.25 bits per heavy atom. The van der Waals surface area contributed by atoms with Crippen molar-refractivity contribution in [2.24, 2.45) is 0 Å². The van der Waals surface area contributed by atoms with Crippen molar-refractivity contribution in [1.29, 1.82) is 0 Å². The predicted molar refractivity (Wildman–Crippen MR) is 53.0 cm³/mol. The summed E-state index contributed by atoms with van der Waals surface area (Å²) in [5.74, 6) is 0. The molecule has 1 aromatic rings. The molecule has 1 aliphatic rings. The number of hydrogen-bond donors (Lipinski definition) is 1. The van der Waals surface area contributed by atoms with Crippen LogP contribution in [0.3, 0.4) is 0 Å². The lowest BCUT2D eigenvalue weighted by atomic mass is 10.00. The van der Waals surface area contributed by atoms with Crippen LogP contribution in [0.1, 0.15) is 17.2 Å². The van der Waals surface area contributed by atoms with Crippen molar-refractivity contribution in [2.75, 3.05) is 19.8 Å². The SMILES string of the molecule is FC(F)(F)c1ccccc1C1COCCN1. The molecular formula is C11H12F3NO. The Bertz CT molecular complexity index is 358. The highest BCUT2D eigenvalue weighted by atomic mass is 19.4. The van der Waals surface area contributed by atoms with Gasteiger partial charge in [0.1, 0.15) is 0 Å². The first-order valence-corrected chi connectivity index (χ1v) is 5.06. The fourth-order valence-corrected chi connectivity index (χ4v) is 1.82. The molecule has 0 spiro atoms. The molecule has 1 N–H and O–H groups in total. The minimum Gasteiger partial charge on any atom is -0.378 e. The quantitative estimate of drug-likeness (QED) is 0.801. The Hall–Kier alpha value is -1.07. The van der Waals surface area contributed by atoms with E-state index < -0.39 is 11.7 Å². The number of benzene rings is 1. The van der Waals surface area contributed by atoms with E-state index in [-0.39, 0.29) is 18.2 Å². The van der Waals surface area contributed by atoms with E-state index in [4.69, 9.17) is 4.74 Å². The number of hydrogen-bond acceptors (Lipinski definition) is 2. The van der Waals surface area contributed by atoms with Gasteiger partial charge in [0, 0.05) is 6.54 Å². The predicted octanol–water partition coefficient (Wildman–Crippen LogP) is 2.37. The zero-order chi connectivity index (χ0) is 11.6. The van der Waals surface area contributed by atoms with Gasteiger partial charge in [0.15, 0.2) is 0 Å². The van der Waals surface area contributed by atoms with Crippen LogP contribution in [0.15, 0.2) is 24.3 Å². The van der Waals surface area contributed by atoms with Crippen LogP contribution >= 0.6 is 0 Å². The maximum atomic E-state index is 12.7. The van der Waals surface area contributed by atoms with Gasteiger partial charge >= 0.3 is 6.18 Å². The Kier molecular flexibility index (Phi) is 3.16. The molecule has 0 aliphatic carbocycles. The summed E-state index contributed by atoms with van der Waals surface area (Å²) in [6, 6.07) is 5.24. The summed E-state index contributed by atoms with van der Waals surface area (Å²) in [5, 5.41) is 3.02. The third-order valence-corrected chi connectivity index (χ3v) is 2.56. The zero-order valence-electron chi connectivity index (χ0n) is 8.55. The van der Waals surface area contributed by atoms with Crippen LogP contribution in [0.5, 0.6) is 0 Å². The average Bonchev–Trinajstić information content (AvgIpc) is 2.29. The number of halogens is 3. The first-order valence-electron chi connectivity index (χ1n) is 5.06. The van der Waals surface area contributed by atoms with Gasteiger partial charge < -0.3 is 10.1 Å². The molecule has 1 saturated heterocycles. The summed E-state index contributed by atoms with van der Waals surface area (Å²) in [5.41, 5.74) is -0.326. The molecule has 0 radical (unpaired) electrons. The van der Waals surface area contributed by atoms with Crippen LogP contribution in [0.2, 0.25) is 0 Å². The molecule has 16 heavy (non-hydrogen) atoms. The van der Waals surface area contributed by atoms with E-state index in [1.165, 1.54) is 12.1 Å². The molecule has 88 valence electrons. The Balaban J connectivity index is 2.32. The number of ether oxygens (including phenoxy) is 1. The van der Waals surface area contributed by atoms with Crippen LogP contribution in [0, 0.1) is 0 Å². The van der Waals surface area contributed by atoms with E-state index >= 15 is 0 Å². The maximum absolute atomic E-state index is 12.7. The number of alkyl halides is 3. The highest BCUT2D eigenvalue weighted by Crippen LogP contribution is 2.34. The van der Waals surface area contributed by atoms with Crippen molar-refractivity contribution in [3.05, 3.63) is 35.4 Å². The summed E-state index contributed by atoms with van der Waals surface area (Å²) >= 11 is 0. The van der Waals surface area contributed by atoms with Gasteiger partial charge in [-0.2, -0.15) is 13.2 Å². The van der Waals surface area contributed by atoms with E-state index in [1.54, 1.807) is 6.07 Å². The van der Waals surface area contributed by atoms with Gasteiger partial charge in [-0.05, 0) is 11.6 Å². The van der Waals surface area contributed by atoms with E-state index in [2.05, 4.69) is 5.32 Å². The lowest BCUT2D eigenvalue weighted by molar-refractivity contribution is -0.138. The van der Waals surface area contributed by atoms with Gasteiger partial charge in [-0.1, -0.05) is 18.2 Å². The standard InChI is InChI=1S/C11H12F3NO/c12-11(13,14)9-4-2-1-3-8(9)10-7-16-6-5-15-10/h1-4,10,15H,5-7H2. The molecule has 1 atom stereocenters. The summed E-state index contributed by atoms with van der Waals surface area (Å²) in [7, 11) is 0. The van der Waals surface area contributed by atoms with Gasteiger partial charge in [0.2, 0.25) is 0 Å². The molecule has 1 heterocycles. The van der Waals surface area contributed by atoms with Crippen molar-refractivity contribution in [1.82, 2.24) is 5.32 Å². The fraction of sp³-hybridized carbons (Fsp3) is 0.455. The molecule has 2 rings (SSSR count). The normalized spacial score (nSPS) is 22.1. The molecule has 2 nitrogen and oxygen atoms in total. The maximum Gasteiger partial charge on any atom is 0.416 e. The molecule has 1 fully saturated rings. The molecule has 0 aromatic heterocycles. The second-order valence-electron chi connectivity index (χ2n) is 3.67. The van der Waals surface area contributed by atoms with Crippen LogP contribution in [-0.2, 0) is 10.9 Å². The van der Waals surface area contributed by atoms with Gasteiger partial charge in [-0.3, -0.25) is 0 Å². The van der Waals surface area contributed by atoms with Crippen LogP contribution in [0.25, 0.3) is 0 Å². The summed E-state index contributed by atoms with van der Waals surface area (Å²) in [4.78, 5) is 0. The minimum atomic E-state index is -4.31. The van der Waals surface area contributed by atoms with Crippen molar-refractivity contribution in [3.8, 4) is 0 Å². The highest BCUT2D eigenvalue weighted by Gasteiger charge is 2.35. The van der Waals surface area contributed by atoms with Crippen LogP contribution in [-0.4, -0.2) is 19.8 Å². The Labute approximate surface area is 91.4 Å². The topological polar surface area (TPSA) is 21.3 Å². The lowest BCUT2D eigenvalue weighted by Crippen LogP contribution is -2.35. The zero-order valence-corrected chi connectivity index (χ0v) is 8.55. The minimum absolute atomic E-state index is 0.259. The number of morpholine rings is 1. The first-order chi connectivity index (χ1) is 7.59. The van der Waals surface area contributed by atoms with E-state index in [0.29, 0.717) is 13.2 Å². The molecule has 0 amide bonds. The second kappa shape index (κ2) is 4.43. The number of rotatable bonds is 1. The van der Waals surface area contributed by atoms with E-state index in [9.17, 15) is 13.2 Å². The van der Waals surface area contributed by atoms with Crippen molar-refractivity contribution < 1.29 is 17.9 Å². The first kappa shape index (κ1) is 11.4. The van der Waals surface area contributed by atoms with Gasteiger partial charge in [-0.15, -0.1) is 0 Å². The third kappa shape index (κ3) is 2.36. The summed E-state index contributed by atoms with van der Waals surface area (Å²) < 4.78 is 43.4. The smallest absolute Gasteiger partial charge is 0.378 e. The van der Waals surface area contributed by atoms with Crippen molar-refractivity contribution >= 4 is 0 Å². The van der Waals surface area contributed by atoms with Crippen LogP contribution in [0.4, 0.5) is 13.2 Å². The molecule has 1 unspecified atom stereocenters. The van der Waals surface area contributed by atoms with Crippen molar-refractivity contribution in [2.45, 2.75) is 12.2 Å². The monoisotopic (exact) mass is 231 g/mol. The van der Waals surface area contributed by atoms with Gasteiger partial charge in [-0.25, -0.2) is 0 Å². The molecule has 0 saturated carbocycles. The van der Waals surface area contributed by atoms with E-state index in [1.807, 2.05) is 0 Å². The molecule has 1 aromatic carbocycles. The van der Waals surface area contributed by atoms with Gasteiger partial charge in [0.25, 0.3) is 0 Å².